The van der Waals surface area contributed by atoms with Gasteiger partial charge in [-0.05, 0) is 29.7 Å². The van der Waals surface area contributed by atoms with Gasteiger partial charge in [0.15, 0.2) is 17.5 Å². The van der Waals surface area contributed by atoms with Crippen molar-refractivity contribution in [1.82, 2.24) is 10.2 Å². The van der Waals surface area contributed by atoms with Crippen LogP contribution in [0.15, 0.2) is 53.5 Å². The molecular formula is C19H23FIN3O. The lowest BCUT2D eigenvalue weighted by Gasteiger charge is -2.22. The van der Waals surface area contributed by atoms with E-state index >= 15 is 0 Å². The van der Waals surface area contributed by atoms with E-state index in [9.17, 15) is 9.50 Å². The molecule has 2 aromatic carbocycles. The third kappa shape index (κ3) is 4.84. The maximum absolute atomic E-state index is 13.4. The summed E-state index contributed by atoms with van der Waals surface area (Å²) < 4.78 is 13.4. The first kappa shape index (κ1) is 19.5. The largest absolute Gasteiger partial charge is 0.505 e. The van der Waals surface area contributed by atoms with E-state index in [0.29, 0.717) is 12.5 Å². The minimum Gasteiger partial charge on any atom is -0.505 e. The molecule has 1 aliphatic rings. The lowest BCUT2D eigenvalue weighted by Crippen LogP contribution is -2.39. The number of benzene rings is 2. The lowest BCUT2D eigenvalue weighted by atomic mass is 9.99. The third-order valence-electron chi connectivity index (χ3n) is 4.43. The van der Waals surface area contributed by atoms with Gasteiger partial charge in [-0.25, -0.2) is 4.39 Å². The van der Waals surface area contributed by atoms with Gasteiger partial charge in [0.05, 0.1) is 0 Å². The average Bonchev–Trinajstić information content (AvgIpc) is 3.09. The second-order valence-electron chi connectivity index (χ2n) is 6.03. The van der Waals surface area contributed by atoms with Crippen molar-refractivity contribution < 1.29 is 9.50 Å². The molecule has 2 aromatic rings. The quantitative estimate of drug-likeness (QED) is 0.422. The second-order valence-corrected chi connectivity index (χ2v) is 6.03. The molecule has 1 heterocycles. The number of likely N-dealkylation sites (tertiary alicyclic amines) is 1. The SMILES string of the molecule is CN=C(NCc1ccc(O)c(F)c1)N1CCC(c2ccccc2)C1.I. The fourth-order valence-electron chi connectivity index (χ4n) is 3.12. The zero-order valence-corrected chi connectivity index (χ0v) is 16.5. The highest BCUT2D eigenvalue weighted by Crippen LogP contribution is 2.27. The smallest absolute Gasteiger partial charge is 0.193 e. The zero-order chi connectivity index (χ0) is 16.9. The van der Waals surface area contributed by atoms with E-state index in [0.717, 1.165) is 31.0 Å². The second kappa shape index (κ2) is 9.03. The Morgan fingerprint density at radius 1 is 1.28 bits per heavy atom. The lowest BCUT2D eigenvalue weighted by molar-refractivity contribution is 0.431. The Hall–Kier alpha value is -1.83. The molecule has 0 aliphatic carbocycles. The zero-order valence-electron chi connectivity index (χ0n) is 14.2. The van der Waals surface area contributed by atoms with Gasteiger partial charge in [-0.1, -0.05) is 36.4 Å². The summed E-state index contributed by atoms with van der Waals surface area (Å²) >= 11 is 0. The van der Waals surface area contributed by atoms with Crippen molar-refractivity contribution in [2.24, 2.45) is 4.99 Å². The van der Waals surface area contributed by atoms with Gasteiger partial charge in [0.1, 0.15) is 0 Å². The van der Waals surface area contributed by atoms with Gasteiger partial charge in [0.25, 0.3) is 0 Å². The summed E-state index contributed by atoms with van der Waals surface area (Å²) in [5.74, 6) is 0.403. The first-order valence-corrected chi connectivity index (χ1v) is 8.15. The standard InChI is InChI=1S/C19H22FN3O.HI/c1-21-19(22-12-14-7-8-18(24)17(20)11-14)23-10-9-16(13-23)15-5-3-2-4-6-15;/h2-8,11,16,24H,9-10,12-13H2,1H3,(H,21,22);1H. The fourth-order valence-corrected chi connectivity index (χ4v) is 3.12. The molecule has 1 saturated heterocycles. The van der Waals surface area contributed by atoms with Crippen LogP contribution in [-0.4, -0.2) is 36.1 Å². The molecule has 1 fully saturated rings. The van der Waals surface area contributed by atoms with E-state index in [1.165, 1.54) is 17.7 Å². The van der Waals surface area contributed by atoms with Crippen molar-refractivity contribution in [2.75, 3.05) is 20.1 Å². The summed E-state index contributed by atoms with van der Waals surface area (Å²) in [4.78, 5) is 6.57. The molecule has 3 rings (SSSR count). The summed E-state index contributed by atoms with van der Waals surface area (Å²) in [6, 6.07) is 14.9. The summed E-state index contributed by atoms with van der Waals surface area (Å²) in [5.41, 5.74) is 2.13. The summed E-state index contributed by atoms with van der Waals surface area (Å²) in [5, 5.41) is 12.5. The Kier molecular flexibility index (Phi) is 7.04. The molecular weight excluding hydrogens is 432 g/mol. The normalized spacial score (nSPS) is 17.3. The van der Waals surface area contributed by atoms with E-state index in [2.05, 4.69) is 39.5 Å². The molecule has 0 amide bonds. The van der Waals surface area contributed by atoms with Gasteiger partial charge in [-0.3, -0.25) is 4.99 Å². The van der Waals surface area contributed by atoms with Crippen LogP contribution in [-0.2, 0) is 6.54 Å². The Labute approximate surface area is 164 Å². The van der Waals surface area contributed by atoms with Crippen molar-refractivity contribution in [2.45, 2.75) is 18.9 Å². The number of aromatic hydroxyl groups is 1. The molecule has 6 heteroatoms. The highest BCUT2D eigenvalue weighted by molar-refractivity contribution is 14.0. The average molecular weight is 455 g/mol. The molecule has 25 heavy (non-hydrogen) atoms. The van der Waals surface area contributed by atoms with Crippen LogP contribution in [0.1, 0.15) is 23.5 Å². The maximum atomic E-state index is 13.4. The van der Waals surface area contributed by atoms with Crippen LogP contribution in [0.5, 0.6) is 5.75 Å². The minimum absolute atomic E-state index is 0. The van der Waals surface area contributed by atoms with Gasteiger partial charge in [-0.15, -0.1) is 24.0 Å². The number of phenols is 1. The predicted molar refractivity (Wildman–Crippen MR) is 109 cm³/mol. The third-order valence-corrected chi connectivity index (χ3v) is 4.43. The molecule has 0 radical (unpaired) electrons. The molecule has 134 valence electrons. The predicted octanol–water partition coefficient (Wildman–Crippen LogP) is 3.71. The monoisotopic (exact) mass is 455 g/mol. The minimum atomic E-state index is -0.602. The number of halogens is 2. The van der Waals surface area contributed by atoms with Gasteiger partial charge in [0.2, 0.25) is 0 Å². The van der Waals surface area contributed by atoms with Crippen molar-refractivity contribution in [3.63, 3.8) is 0 Å². The molecule has 0 spiro atoms. The number of rotatable bonds is 3. The molecule has 1 unspecified atom stereocenters. The number of hydrogen-bond acceptors (Lipinski definition) is 2. The van der Waals surface area contributed by atoms with Crippen LogP contribution in [0.25, 0.3) is 0 Å². The van der Waals surface area contributed by atoms with Crippen LogP contribution in [0.3, 0.4) is 0 Å². The fraction of sp³-hybridized carbons (Fsp3) is 0.316. The van der Waals surface area contributed by atoms with Crippen LogP contribution >= 0.6 is 24.0 Å². The number of phenolic OH excluding ortho intramolecular Hbond substituents is 1. The summed E-state index contributed by atoms with van der Waals surface area (Å²) in [7, 11) is 1.76. The Morgan fingerprint density at radius 3 is 2.72 bits per heavy atom. The van der Waals surface area contributed by atoms with Gasteiger partial charge in [-0.2, -0.15) is 0 Å². The van der Waals surface area contributed by atoms with Crippen molar-refractivity contribution in [3.05, 3.63) is 65.5 Å². The Bertz CT molecular complexity index is 724. The summed E-state index contributed by atoms with van der Waals surface area (Å²) in [6.07, 6.45) is 1.10. The molecule has 0 aromatic heterocycles. The molecule has 1 aliphatic heterocycles. The molecule has 4 nitrogen and oxygen atoms in total. The van der Waals surface area contributed by atoms with Gasteiger partial charge < -0.3 is 15.3 Å². The highest BCUT2D eigenvalue weighted by Gasteiger charge is 2.25. The first-order chi connectivity index (χ1) is 11.7. The maximum Gasteiger partial charge on any atom is 0.193 e. The molecule has 0 bridgehead atoms. The topological polar surface area (TPSA) is 47.9 Å². The number of aliphatic imine (C=N–C) groups is 1. The van der Waals surface area contributed by atoms with Crippen LogP contribution in [0.4, 0.5) is 4.39 Å². The van der Waals surface area contributed by atoms with Crippen molar-refractivity contribution in [3.8, 4) is 5.75 Å². The molecule has 2 N–H and O–H groups in total. The molecule has 0 saturated carbocycles. The highest BCUT2D eigenvalue weighted by atomic mass is 127. The Balaban J connectivity index is 0.00000225. The van der Waals surface area contributed by atoms with Crippen LogP contribution < -0.4 is 5.32 Å². The van der Waals surface area contributed by atoms with E-state index in [1.807, 2.05) is 6.07 Å². The van der Waals surface area contributed by atoms with Crippen molar-refractivity contribution >= 4 is 29.9 Å². The van der Waals surface area contributed by atoms with Crippen LogP contribution in [0.2, 0.25) is 0 Å². The van der Waals surface area contributed by atoms with E-state index in [1.54, 1.807) is 13.1 Å². The van der Waals surface area contributed by atoms with Gasteiger partial charge >= 0.3 is 0 Å². The number of nitrogens with zero attached hydrogens (tertiary/aromatic N) is 2. The first-order valence-electron chi connectivity index (χ1n) is 8.15. The number of guanidine groups is 1. The van der Waals surface area contributed by atoms with E-state index in [-0.39, 0.29) is 29.7 Å². The van der Waals surface area contributed by atoms with Gasteiger partial charge in [0, 0.05) is 32.6 Å². The van der Waals surface area contributed by atoms with E-state index < -0.39 is 5.82 Å². The summed E-state index contributed by atoms with van der Waals surface area (Å²) in [6.45, 7) is 2.34. The number of nitrogens with one attached hydrogen (secondary N) is 1. The Morgan fingerprint density at radius 2 is 2.04 bits per heavy atom. The van der Waals surface area contributed by atoms with Crippen molar-refractivity contribution in [1.29, 1.82) is 0 Å². The molecule has 1 atom stereocenters. The number of hydrogen-bond donors (Lipinski definition) is 2. The van der Waals surface area contributed by atoms with Crippen LogP contribution in [0, 0.1) is 5.82 Å². The van der Waals surface area contributed by atoms with E-state index in [4.69, 9.17) is 0 Å².